The Morgan fingerprint density at radius 3 is 2.44 bits per heavy atom. The summed E-state index contributed by atoms with van der Waals surface area (Å²) in [5, 5.41) is 12.3. The summed E-state index contributed by atoms with van der Waals surface area (Å²) in [6, 6.07) is 3.89. The highest BCUT2D eigenvalue weighted by molar-refractivity contribution is 7.89. The van der Waals surface area contributed by atoms with Crippen molar-refractivity contribution in [2.75, 3.05) is 25.0 Å². The second-order valence-electron chi connectivity index (χ2n) is 6.82. The van der Waals surface area contributed by atoms with E-state index in [0.717, 1.165) is 11.5 Å². The maximum atomic E-state index is 12.8. The molecule has 1 aliphatic heterocycles. The first-order valence-corrected chi connectivity index (χ1v) is 9.81. The second-order valence-corrected chi connectivity index (χ2v) is 8.76. The lowest BCUT2D eigenvalue weighted by atomic mass is 10.1. The fraction of sp³-hybridized carbons (Fsp3) is 0.562. The van der Waals surface area contributed by atoms with Gasteiger partial charge in [0.05, 0.1) is 11.7 Å². The predicted molar refractivity (Wildman–Crippen MR) is 90.9 cm³/mol. The van der Waals surface area contributed by atoms with Gasteiger partial charge < -0.3 is 9.42 Å². The monoisotopic (exact) mass is 363 g/mol. The van der Waals surface area contributed by atoms with Crippen LogP contribution in [0.1, 0.15) is 35.9 Å². The molecular formula is C16H21N5O3S. The van der Waals surface area contributed by atoms with E-state index < -0.39 is 10.0 Å². The van der Waals surface area contributed by atoms with E-state index in [1.165, 1.54) is 17.1 Å². The van der Waals surface area contributed by atoms with Crippen LogP contribution in [-0.4, -0.2) is 54.3 Å². The first kappa shape index (κ1) is 16.5. The topological polar surface area (TPSA) is 92.4 Å². The van der Waals surface area contributed by atoms with Crippen LogP contribution in [0, 0.1) is 13.8 Å². The van der Waals surface area contributed by atoms with Crippen molar-refractivity contribution in [2.45, 2.75) is 43.5 Å². The molecule has 0 radical (unpaired) electrons. The Hall–Kier alpha value is -2.00. The Labute approximate surface area is 146 Å². The van der Waals surface area contributed by atoms with Gasteiger partial charge >= 0.3 is 0 Å². The minimum Gasteiger partial charge on any atom is -0.360 e. The van der Waals surface area contributed by atoms with Crippen LogP contribution in [0.2, 0.25) is 0 Å². The normalized spacial score (nSPS) is 18.6. The lowest BCUT2D eigenvalue weighted by molar-refractivity contribution is 0.308. The summed E-state index contributed by atoms with van der Waals surface area (Å²) in [6.45, 7) is 4.44. The average molecular weight is 363 g/mol. The van der Waals surface area contributed by atoms with Crippen molar-refractivity contribution in [3.8, 4) is 0 Å². The predicted octanol–water partition coefficient (Wildman–Crippen LogP) is 1.47. The van der Waals surface area contributed by atoms with E-state index in [0.29, 0.717) is 30.5 Å². The molecule has 1 aliphatic carbocycles. The van der Waals surface area contributed by atoms with Crippen molar-refractivity contribution in [3.63, 3.8) is 0 Å². The summed E-state index contributed by atoms with van der Waals surface area (Å²) in [7, 11) is -2.02. The molecule has 0 bridgehead atoms. The van der Waals surface area contributed by atoms with Gasteiger partial charge in [0.25, 0.3) is 0 Å². The zero-order valence-electron chi connectivity index (χ0n) is 14.5. The maximum Gasteiger partial charge on any atom is 0.248 e. The standard InChI is InChI=1S/C16H21N5O3S/c1-10-16(11(2)24-19-10)25(22,23)20(3)13-8-21(9-13)15-7-6-14(17-18-15)12-4-5-12/h6-7,12-13H,4-5,8-9H2,1-3H3. The number of nitrogens with zero attached hydrogens (tertiary/aromatic N) is 5. The molecule has 0 atom stereocenters. The number of anilines is 1. The molecule has 1 saturated carbocycles. The largest absolute Gasteiger partial charge is 0.360 e. The van der Waals surface area contributed by atoms with Gasteiger partial charge in [0.1, 0.15) is 10.6 Å². The summed E-state index contributed by atoms with van der Waals surface area (Å²) in [4.78, 5) is 2.20. The third-order valence-corrected chi connectivity index (χ3v) is 7.13. The number of hydrogen-bond donors (Lipinski definition) is 0. The van der Waals surface area contributed by atoms with Crippen LogP contribution in [0.25, 0.3) is 0 Å². The molecule has 2 aromatic rings. The molecule has 0 N–H and O–H groups in total. The van der Waals surface area contributed by atoms with Crippen LogP contribution in [0.15, 0.2) is 21.6 Å². The van der Waals surface area contributed by atoms with E-state index in [9.17, 15) is 8.42 Å². The van der Waals surface area contributed by atoms with Crippen LogP contribution >= 0.6 is 0 Å². The van der Waals surface area contributed by atoms with Gasteiger partial charge in [-0.2, -0.15) is 9.40 Å². The molecule has 3 heterocycles. The molecule has 2 aliphatic rings. The molecule has 0 unspecified atom stereocenters. The molecule has 8 nitrogen and oxygen atoms in total. The Morgan fingerprint density at radius 1 is 1.20 bits per heavy atom. The lowest BCUT2D eigenvalue weighted by Gasteiger charge is -2.43. The summed E-state index contributed by atoms with van der Waals surface area (Å²) < 4.78 is 32.0. The molecule has 134 valence electrons. The van der Waals surface area contributed by atoms with Crippen molar-refractivity contribution in [1.29, 1.82) is 0 Å². The molecule has 0 aromatic carbocycles. The van der Waals surface area contributed by atoms with E-state index in [1.54, 1.807) is 20.9 Å². The van der Waals surface area contributed by atoms with Gasteiger partial charge in [0.15, 0.2) is 11.6 Å². The van der Waals surface area contributed by atoms with Crippen molar-refractivity contribution >= 4 is 15.8 Å². The van der Waals surface area contributed by atoms with Crippen LogP contribution in [0.5, 0.6) is 0 Å². The highest BCUT2D eigenvalue weighted by Gasteiger charge is 2.39. The summed E-state index contributed by atoms with van der Waals surface area (Å²) in [5.74, 6) is 1.70. The number of hydrogen-bond acceptors (Lipinski definition) is 7. The van der Waals surface area contributed by atoms with Gasteiger partial charge in [0.2, 0.25) is 10.0 Å². The average Bonchev–Trinajstić information content (AvgIpc) is 3.32. The van der Waals surface area contributed by atoms with Crippen molar-refractivity contribution in [2.24, 2.45) is 0 Å². The number of aryl methyl sites for hydroxylation is 2. The molecule has 0 spiro atoms. The second kappa shape index (κ2) is 5.77. The van der Waals surface area contributed by atoms with Crippen molar-refractivity contribution in [1.82, 2.24) is 19.7 Å². The van der Waals surface area contributed by atoms with Gasteiger partial charge in [-0.15, -0.1) is 5.10 Å². The molecular weight excluding hydrogens is 342 g/mol. The molecule has 4 rings (SSSR count). The summed E-state index contributed by atoms with van der Waals surface area (Å²) in [5.41, 5.74) is 1.45. The number of rotatable bonds is 5. The van der Waals surface area contributed by atoms with E-state index in [4.69, 9.17) is 4.52 Å². The zero-order valence-corrected chi connectivity index (χ0v) is 15.3. The fourth-order valence-corrected chi connectivity index (χ4v) is 4.78. The quantitative estimate of drug-likeness (QED) is 0.794. The highest BCUT2D eigenvalue weighted by Crippen LogP contribution is 2.39. The highest BCUT2D eigenvalue weighted by atomic mass is 32.2. The Morgan fingerprint density at radius 2 is 1.92 bits per heavy atom. The van der Waals surface area contributed by atoms with Crippen molar-refractivity contribution in [3.05, 3.63) is 29.3 Å². The first-order valence-electron chi connectivity index (χ1n) is 8.37. The van der Waals surface area contributed by atoms with Crippen LogP contribution in [0.3, 0.4) is 0 Å². The van der Waals surface area contributed by atoms with E-state index >= 15 is 0 Å². The number of likely N-dealkylation sites (N-methyl/N-ethyl adjacent to an activating group) is 1. The van der Waals surface area contributed by atoms with E-state index in [1.807, 2.05) is 17.0 Å². The molecule has 25 heavy (non-hydrogen) atoms. The van der Waals surface area contributed by atoms with Crippen LogP contribution in [0.4, 0.5) is 5.82 Å². The number of aromatic nitrogens is 3. The molecule has 2 fully saturated rings. The third-order valence-electron chi connectivity index (χ3n) is 4.97. The van der Waals surface area contributed by atoms with Crippen LogP contribution in [-0.2, 0) is 10.0 Å². The smallest absolute Gasteiger partial charge is 0.248 e. The van der Waals surface area contributed by atoms with Gasteiger partial charge in [-0.3, -0.25) is 0 Å². The maximum absolute atomic E-state index is 12.8. The molecule has 9 heteroatoms. The molecule has 2 aromatic heterocycles. The Balaban J connectivity index is 1.44. The van der Waals surface area contributed by atoms with Gasteiger partial charge in [-0.05, 0) is 38.8 Å². The number of sulfonamides is 1. The SMILES string of the molecule is Cc1noc(C)c1S(=O)(=O)N(C)C1CN(c2ccc(C3CC3)nn2)C1. The van der Waals surface area contributed by atoms with Crippen molar-refractivity contribution < 1.29 is 12.9 Å². The van der Waals surface area contributed by atoms with Gasteiger partial charge in [-0.25, -0.2) is 8.42 Å². The fourth-order valence-electron chi connectivity index (χ4n) is 3.16. The minimum atomic E-state index is -3.62. The lowest BCUT2D eigenvalue weighted by Crippen LogP contribution is -2.60. The van der Waals surface area contributed by atoms with E-state index in [-0.39, 0.29) is 10.9 Å². The first-order chi connectivity index (χ1) is 11.9. The Bertz CT molecular complexity index is 863. The summed E-state index contributed by atoms with van der Waals surface area (Å²) in [6.07, 6.45) is 2.40. The summed E-state index contributed by atoms with van der Waals surface area (Å²) >= 11 is 0. The van der Waals surface area contributed by atoms with E-state index in [2.05, 4.69) is 15.4 Å². The van der Waals surface area contributed by atoms with Crippen LogP contribution < -0.4 is 4.90 Å². The zero-order chi connectivity index (χ0) is 17.8. The molecule has 1 saturated heterocycles. The minimum absolute atomic E-state index is 0.108. The third kappa shape index (κ3) is 2.81. The van der Waals surface area contributed by atoms with Gasteiger partial charge in [0, 0.05) is 26.1 Å². The van der Waals surface area contributed by atoms with Gasteiger partial charge in [-0.1, -0.05) is 5.16 Å². The Kier molecular flexibility index (Phi) is 3.80. The molecule has 0 amide bonds.